The number of carbonyl (C=O) groups excluding carboxylic acids is 1. The maximum absolute atomic E-state index is 13.7. The van der Waals surface area contributed by atoms with Crippen LogP contribution >= 0.6 is 12.6 Å². The summed E-state index contributed by atoms with van der Waals surface area (Å²) in [5.74, 6) is -0.283. The van der Waals surface area contributed by atoms with Crippen molar-refractivity contribution in [3.8, 4) is 0 Å². The lowest BCUT2D eigenvalue weighted by atomic mass is 10.2. The van der Waals surface area contributed by atoms with Gasteiger partial charge in [0, 0.05) is 12.6 Å². The van der Waals surface area contributed by atoms with Gasteiger partial charge in [-0.1, -0.05) is 13.8 Å². The third-order valence-electron chi connectivity index (χ3n) is 2.77. The number of rotatable bonds is 12. The minimum Gasteiger partial charge on any atom is -0.378 e. The van der Waals surface area contributed by atoms with Crippen LogP contribution in [0.5, 0.6) is 0 Å². The highest BCUT2D eigenvalue weighted by molar-refractivity contribution is 7.81. The number of alkyl halides is 1. The Hall–Kier alpha value is -0.370. The molecular formula is C14H29FN2O3S. The number of ether oxygens (including phenoxy) is 2. The van der Waals surface area contributed by atoms with Gasteiger partial charge in [0.25, 0.3) is 0 Å². The van der Waals surface area contributed by atoms with E-state index < -0.39 is 17.5 Å². The lowest BCUT2D eigenvalue weighted by molar-refractivity contribution is -0.120. The molecule has 0 aliphatic heterocycles. The maximum atomic E-state index is 13.7. The molecule has 0 aromatic carbocycles. The van der Waals surface area contributed by atoms with Crippen molar-refractivity contribution in [2.45, 2.75) is 51.3 Å². The monoisotopic (exact) mass is 324 g/mol. The van der Waals surface area contributed by atoms with Gasteiger partial charge in [0.15, 0.2) is 0 Å². The van der Waals surface area contributed by atoms with Gasteiger partial charge in [-0.2, -0.15) is 12.6 Å². The van der Waals surface area contributed by atoms with Crippen LogP contribution in [0.1, 0.15) is 27.7 Å². The highest BCUT2D eigenvalue weighted by Crippen LogP contribution is 2.03. The second-order valence-electron chi connectivity index (χ2n) is 5.23. The van der Waals surface area contributed by atoms with E-state index in [0.29, 0.717) is 25.9 Å². The molecule has 0 saturated heterocycles. The van der Waals surface area contributed by atoms with Crippen LogP contribution in [0.4, 0.5) is 4.39 Å². The van der Waals surface area contributed by atoms with Gasteiger partial charge < -0.3 is 20.1 Å². The largest absolute Gasteiger partial charge is 0.378 e. The summed E-state index contributed by atoms with van der Waals surface area (Å²) in [6, 6.07) is 0.437. The SMILES string of the molecule is CC(C)NCCOCCOC(C)C(F)CNC(=O)C(C)S. The van der Waals surface area contributed by atoms with Crippen molar-refractivity contribution < 1.29 is 18.7 Å². The number of carbonyl (C=O) groups is 1. The summed E-state index contributed by atoms with van der Waals surface area (Å²) in [6.45, 7) is 9.50. The van der Waals surface area contributed by atoms with Crippen LogP contribution in [0, 0.1) is 0 Å². The van der Waals surface area contributed by atoms with E-state index in [1.165, 1.54) is 0 Å². The quantitative estimate of drug-likeness (QED) is 0.373. The first-order chi connectivity index (χ1) is 9.84. The molecule has 0 rings (SSSR count). The first-order valence-electron chi connectivity index (χ1n) is 7.37. The Bertz CT molecular complexity index is 281. The third kappa shape index (κ3) is 11.9. The predicted molar refractivity (Wildman–Crippen MR) is 85.7 cm³/mol. The number of amides is 1. The molecule has 3 unspecified atom stereocenters. The van der Waals surface area contributed by atoms with E-state index in [0.717, 1.165) is 6.54 Å². The fourth-order valence-electron chi connectivity index (χ4n) is 1.43. The van der Waals surface area contributed by atoms with Gasteiger partial charge in [-0.3, -0.25) is 4.79 Å². The van der Waals surface area contributed by atoms with Gasteiger partial charge in [0.05, 0.1) is 37.7 Å². The van der Waals surface area contributed by atoms with Gasteiger partial charge in [0.1, 0.15) is 6.17 Å². The molecule has 0 bridgehead atoms. The van der Waals surface area contributed by atoms with Crippen LogP contribution < -0.4 is 10.6 Å². The summed E-state index contributed by atoms with van der Waals surface area (Å²) in [6.07, 6.45) is -1.83. The van der Waals surface area contributed by atoms with Crippen molar-refractivity contribution in [3.05, 3.63) is 0 Å². The molecule has 1 amide bonds. The molecule has 126 valence electrons. The topological polar surface area (TPSA) is 59.6 Å². The summed E-state index contributed by atoms with van der Waals surface area (Å²) in [7, 11) is 0. The normalized spacial score (nSPS) is 15.8. The Balaban J connectivity index is 3.55. The number of halogens is 1. The summed E-state index contributed by atoms with van der Waals surface area (Å²) < 4.78 is 24.4. The van der Waals surface area contributed by atoms with Gasteiger partial charge in [-0.15, -0.1) is 0 Å². The summed E-state index contributed by atoms with van der Waals surface area (Å²) >= 11 is 3.97. The number of hydrogen-bond donors (Lipinski definition) is 3. The highest BCUT2D eigenvalue weighted by atomic mass is 32.1. The molecule has 5 nitrogen and oxygen atoms in total. The maximum Gasteiger partial charge on any atom is 0.232 e. The van der Waals surface area contributed by atoms with Crippen LogP contribution in [0.3, 0.4) is 0 Å². The average molecular weight is 324 g/mol. The first kappa shape index (κ1) is 20.6. The minimum atomic E-state index is -1.25. The summed E-state index contributed by atoms with van der Waals surface area (Å²) in [4.78, 5) is 11.3. The molecule has 0 radical (unpaired) electrons. The van der Waals surface area contributed by atoms with Crippen molar-refractivity contribution in [2.75, 3.05) is 32.9 Å². The molecular weight excluding hydrogens is 295 g/mol. The van der Waals surface area contributed by atoms with Crippen LogP contribution in [0.2, 0.25) is 0 Å². The lowest BCUT2D eigenvalue weighted by Gasteiger charge is -2.18. The predicted octanol–water partition coefficient (Wildman–Crippen LogP) is 1.18. The van der Waals surface area contributed by atoms with E-state index in [-0.39, 0.29) is 12.5 Å². The fourth-order valence-corrected chi connectivity index (χ4v) is 1.52. The van der Waals surface area contributed by atoms with E-state index in [9.17, 15) is 9.18 Å². The molecule has 0 fully saturated rings. The molecule has 7 heteroatoms. The van der Waals surface area contributed by atoms with Crippen LogP contribution in [0.25, 0.3) is 0 Å². The highest BCUT2D eigenvalue weighted by Gasteiger charge is 2.18. The number of nitrogens with one attached hydrogen (secondary N) is 2. The van der Waals surface area contributed by atoms with Gasteiger partial charge in [-0.05, 0) is 13.8 Å². The smallest absolute Gasteiger partial charge is 0.232 e. The standard InChI is InChI=1S/C14H29FN2O3S/c1-10(2)16-5-6-19-7-8-20-11(3)13(15)9-17-14(18)12(4)21/h10-13,16,21H,5-9H2,1-4H3,(H,17,18). The molecule has 2 N–H and O–H groups in total. The van der Waals surface area contributed by atoms with Gasteiger partial charge in [0.2, 0.25) is 5.91 Å². The van der Waals surface area contributed by atoms with E-state index in [1.807, 2.05) is 0 Å². The Morgan fingerprint density at radius 1 is 1.19 bits per heavy atom. The second-order valence-corrected chi connectivity index (χ2v) is 6.01. The molecule has 0 spiro atoms. The molecule has 0 heterocycles. The van der Waals surface area contributed by atoms with Crippen molar-refractivity contribution in [3.63, 3.8) is 0 Å². The number of thiol groups is 1. The Morgan fingerprint density at radius 2 is 1.86 bits per heavy atom. The van der Waals surface area contributed by atoms with Crippen molar-refractivity contribution in [1.29, 1.82) is 0 Å². The summed E-state index contributed by atoms with van der Waals surface area (Å²) in [5.41, 5.74) is 0. The molecule has 0 aliphatic rings. The molecule has 21 heavy (non-hydrogen) atoms. The fraction of sp³-hybridized carbons (Fsp3) is 0.929. The zero-order valence-corrected chi connectivity index (χ0v) is 14.3. The molecule has 0 aromatic rings. The Kier molecular flexibility index (Phi) is 12.0. The van der Waals surface area contributed by atoms with Crippen molar-refractivity contribution in [1.82, 2.24) is 10.6 Å². The third-order valence-corrected chi connectivity index (χ3v) is 3.00. The minimum absolute atomic E-state index is 0.0654. The second kappa shape index (κ2) is 12.2. The molecule has 3 atom stereocenters. The van der Waals surface area contributed by atoms with E-state index in [1.54, 1.807) is 13.8 Å². The van der Waals surface area contributed by atoms with Gasteiger partial charge >= 0.3 is 0 Å². The van der Waals surface area contributed by atoms with Crippen molar-refractivity contribution >= 4 is 18.5 Å². The number of hydrogen-bond acceptors (Lipinski definition) is 5. The van der Waals surface area contributed by atoms with E-state index in [2.05, 4.69) is 37.1 Å². The lowest BCUT2D eigenvalue weighted by Crippen LogP contribution is -2.39. The Morgan fingerprint density at radius 3 is 2.43 bits per heavy atom. The Labute approximate surface area is 132 Å². The van der Waals surface area contributed by atoms with Crippen LogP contribution in [-0.2, 0) is 14.3 Å². The summed E-state index contributed by atoms with van der Waals surface area (Å²) in [5, 5.41) is 5.27. The van der Waals surface area contributed by atoms with Crippen molar-refractivity contribution in [2.24, 2.45) is 0 Å². The zero-order valence-electron chi connectivity index (χ0n) is 13.4. The zero-order chi connectivity index (χ0) is 16.3. The average Bonchev–Trinajstić information content (AvgIpc) is 2.42. The van der Waals surface area contributed by atoms with Crippen LogP contribution in [0.15, 0.2) is 0 Å². The van der Waals surface area contributed by atoms with E-state index in [4.69, 9.17) is 9.47 Å². The van der Waals surface area contributed by atoms with Gasteiger partial charge in [-0.25, -0.2) is 4.39 Å². The first-order valence-corrected chi connectivity index (χ1v) is 7.88. The van der Waals surface area contributed by atoms with E-state index >= 15 is 0 Å². The molecule has 0 saturated carbocycles. The van der Waals surface area contributed by atoms with Crippen LogP contribution in [-0.4, -0.2) is 62.4 Å². The molecule has 0 aliphatic carbocycles. The molecule has 0 aromatic heterocycles.